The fourth-order valence-electron chi connectivity index (χ4n) is 5.68. The van der Waals surface area contributed by atoms with Crippen molar-refractivity contribution in [2.75, 3.05) is 26.4 Å². The third-order valence-corrected chi connectivity index (χ3v) is 13.2. The van der Waals surface area contributed by atoms with Crippen LogP contribution in [0, 0.1) is 0 Å². The van der Waals surface area contributed by atoms with Crippen LogP contribution < -0.4 is 24.4 Å². The van der Waals surface area contributed by atoms with E-state index in [1.165, 1.54) is 0 Å². The van der Waals surface area contributed by atoms with Gasteiger partial charge in [0.1, 0.15) is 30.8 Å². The molecule has 0 heterocycles. The second-order valence-electron chi connectivity index (χ2n) is 13.7. The van der Waals surface area contributed by atoms with Gasteiger partial charge in [-0.3, -0.25) is 0 Å². The lowest BCUT2D eigenvalue weighted by molar-refractivity contribution is 0.265. The number of rotatable bonds is 19. The molecule has 0 amide bonds. The van der Waals surface area contributed by atoms with Crippen molar-refractivity contribution in [1.29, 1.82) is 0 Å². The fourth-order valence-corrected chi connectivity index (χ4v) is 10.5. The molecule has 12 heteroatoms. The average Bonchev–Trinajstić information content (AvgIpc) is 3.10. The molecular formula is C42H42BBr7O4. The summed E-state index contributed by atoms with van der Waals surface area (Å²) in [7, 11) is 6.57. The van der Waals surface area contributed by atoms with Crippen molar-refractivity contribution >= 4 is 125 Å². The zero-order valence-corrected chi connectivity index (χ0v) is 41.8. The van der Waals surface area contributed by atoms with Crippen LogP contribution in [-0.4, -0.2) is 34.3 Å². The summed E-state index contributed by atoms with van der Waals surface area (Å²) in [5.41, 5.74) is 4.33. The van der Waals surface area contributed by atoms with Gasteiger partial charge in [0, 0.05) is 10.8 Å². The number of ether oxygens (including phenoxy) is 4. The first-order valence-corrected chi connectivity index (χ1v) is 22.9. The molecule has 4 rings (SSSR count). The molecule has 2 radical (unpaired) electrons. The van der Waals surface area contributed by atoms with Gasteiger partial charge in [0.05, 0.1) is 57.7 Å². The summed E-state index contributed by atoms with van der Waals surface area (Å²) >= 11 is 26.1. The summed E-state index contributed by atoms with van der Waals surface area (Å²) in [6.07, 6.45) is 6.83. The molecule has 4 aromatic rings. The van der Waals surface area contributed by atoms with Crippen LogP contribution in [0.25, 0.3) is 0 Å². The number of hydrogen-bond donors (Lipinski definition) is 0. The quantitative estimate of drug-likeness (QED) is 0.0533. The normalized spacial score (nSPS) is 11.7. The van der Waals surface area contributed by atoms with E-state index in [9.17, 15) is 0 Å². The molecule has 286 valence electrons. The van der Waals surface area contributed by atoms with Gasteiger partial charge in [0.25, 0.3) is 0 Å². The second kappa shape index (κ2) is 20.6. The summed E-state index contributed by atoms with van der Waals surface area (Å²) in [6, 6.07) is 16.7. The molecule has 0 fully saturated rings. The Hall–Kier alpha value is -1.02. The molecule has 0 spiro atoms. The number of benzene rings is 4. The van der Waals surface area contributed by atoms with Gasteiger partial charge in [-0.1, -0.05) is 51.4 Å². The predicted octanol–water partition coefficient (Wildman–Crippen LogP) is 14.6. The van der Waals surface area contributed by atoms with Gasteiger partial charge in [-0.25, -0.2) is 0 Å². The minimum Gasteiger partial charge on any atom is -0.493 e. The lowest BCUT2D eigenvalue weighted by atomic mass is 9.76. The van der Waals surface area contributed by atoms with E-state index in [0.29, 0.717) is 37.6 Å². The van der Waals surface area contributed by atoms with Crippen LogP contribution in [0.15, 0.2) is 105 Å². The Morgan fingerprint density at radius 1 is 0.463 bits per heavy atom. The van der Waals surface area contributed by atoms with E-state index >= 15 is 0 Å². The highest BCUT2D eigenvalue weighted by atomic mass is 79.9. The molecule has 0 aliphatic rings. The maximum atomic E-state index is 6.57. The Morgan fingerprint density at radius 2 is 0.722 bits per heavy atom. The highest BCUT2D eigenvalue weighted by Crippen LogP contribution is 2.45. The molecule has 0 aliphatic carbocycles. The van der Waals surface area contributed by atoms with Crippen LogP contribution in [0.1, 0.15) is 75.6 Å². The Kier molecular flexibility index (Phi) is 17.4. The summed E-state index contributed by atoms with van der Waals surface area (Å²) in [4.78, 5) is 0. The fraction of sp³-hybridized carbons (Fsp3) is 0.333. The minimum atomic E-state index is -0.353. The smallest absolute Gasteiger partial charge is 0.147 e. The summed E-state index contributed by atoms with van der Waals surface area (Å²) in [5.74, 6) is 2.97. The third-order valence-electron chi connectivity index (χ3n) is 9.12. The highest BCUT2D eigenvalue weighted by molar-refractivity contribution is 9.12. The van der Waals surface area contributed by atoms with Crippen molar-refractivity contribution in [3.05, 3.63) is 127 Å². The molecule has 0 saturated carbocycles. The summed E-state index contributed by atoms with van der Waals surface area (Å²) in [5, 5.41) is 0. The number of halogens is 7. The summed E-state index contributed by atoms with van der Waals surface area (Å²) < 4.78 is 30.5. The van der Waals surface area contributed by atoms with Crippen LogP contribution in [0.3, 0.4) is 0 Å². The number of hydrogen-bond acceptors (Lipinski definition) is 4. The van der Waals surface area contributed by atoms with Crippen molar-refractivity contribution in [2.24, 2.45) is 0 Å². The van der Waals surface area contributed by atoms with Crippen molar-refractivity contribution in [2.45, 2.75) is 64.2 Å². The minimum absolute atomic E-state index is 0.309. The largest absolute Gasteiger partial charge is 0.493 e. The van der Waals surface area contributed by atoms with Crippen LogP contribution in [-0.2, 0) is 10.8 Å². The number of unbranched alkanes of at least 4 members (excludes halogenated alkanes) is 1. The molecule has 4 aromatic carbocycles. The summed E-state index contributed by atoms with van der Waals surface area (Å²) in [6.45, 7) is 18.4. The highest BCUT2D eigenvalue weighted by Gasteiger charge is 2.29. The van der Waals surface area contributed by atoms with Crippen LogP contribution in [0.4, 0.5) is 0 Å². The van der Waals surface area contributed by atoms with E-state index in [-0.39, 0.29) is 10.8 Å². The van der Waals surface area contributed by atoms with Crippen molar-refractivity contribution in [1.82, 2.24) is 0 Å². The standard InChI is InChI=1S/C42H42BBr7O4/c1-7-9-13-52-38-31(45)19-26(20-32(38)46)41(3,4)25-17-29(43)37(30(44)18-25)51-15-11-12-16-54-40-35(49)23-28(24-36(40)50)42(5,6)27-21-33(47)39(34(48)22-27)53-14-10-8-2/h7-8,17-24H,1-2,9-16H2,3-6H3. The Labute approximate surface area is 380 Å². The van der Waals surface area contributed by atoms with Crippen LogP contribution in [0.2, 0.25) is 0 Å². The van der Waals surface area contributed by atoms with Gasteiger partial charge < -0.3 is 18.9 Å². The molecule has 0 aliphatic heterocycles. The third kappa shape index (κ3) is 11.3. The monoisotopic (exact) mass is 1170 g/mol. The maximum absolute atomic E-state index is 6.57. The van der Waals surface area contributed by atoms with Crippen LogP contribution in [0.5, 0.6) is 23.0 Å². The van der Waals surface area contributed by atoms with Gasteiger partial charge in [-0.15, -0.1) is 13.2 Å². The van der Waals surface area contributed by atoms with Crippen molar-refractivity contribution in [3.63, 3.8) is 0 Å². The van der Waals surface area contributed by atoms with Crippen molar-refractivity contribution in [3.8, 4) is 23.0 Å². The zero-order chi connectivity index (χ0) is 39.8. The Bertz CT molecular complexity index is 1750. The molecule has 0 N–H and O–H groups in total. The SMILES string of the molecule is [B]c1cc(C(C)(C)c2cc(Br)c(OCCC=C)c(Br)c2)cc(Br)c1OCCCCOc1c(Br)cc(C(C)(C)c2cc(Br)c(OCCC=C)c(Br)c2)cc1Br. The molecule has 0 atom stereocenters. The van der Waals surface area contributed by atoms with Gasteiger partial charge in [-0.2, -0.15) is 0 Å². The molecule has 54 heavy (non-hydrogen) atoms. The van der Waals surface area contributed by atoms with E-state index in [4.69, 9.17) is 26.8 Å². The molecule has 0 bridgehead atoms. The molecule has 4 nitrogen and oxygen atoms in total. The van der Waals surface area contributed by atoms with E-state index < -0.39 is 0 Å². The molecule has 0 saturated heterocycles. The molecule has 0 unspecified atom stereocenters. The maximum Gasteiger partial charge on any atom is 0.147 e. The first kappa shape index (κ1) is 45.7. The van der Waals surface area contributed by atoms with Gasteiger partial charge in [-0.05, 0) is 202 Å². The lowest BCUT2D eigenvalue weighted by Gasteiger charge is -2.29. The lowest BCUT2D eigenvalue weighted by Crippen LogP contribution is -2.22. The topological polar surface area (TPSA) is 36.9 Å². The molecular weight excluding hydrogens is 1140 g/mol. The van der Waals surface area contributed by atoms with E-state index in [1.54, 1.807) is 0 Å². The van der Waals surface area contributed by atoms with Crippen LogP contribution >= 0.6 is 112 Å². The first-order valence-electron chi connectivity index (χ1n) is 17.3. The van der Waals surface area contributed by atoms with E-state index in [1.807, 2.05) is 18.2 Å². The van der Waals surface area contributed by atoms with E-state index in [2.05, 4.69) is 195 Å². The Balaban J connectivity index is 1.35. The van der Waals surface area contributed by atoms with Gasteiger partial charge in [0.2, 0.25) is 0 Å². The first-order chi connectivity index (χ1) is 25.5. The molecule has 0 aromatic heterocycles. The predicted molar refractivity (Wildman–Crippen MR) is 250 cm³/mol. The van der Waals surface area contributed by atoms with E-state index in [0.717, 1.165) is 96.5 Å². The Morgan fingerprint density at radius 3 is 1.02 bits per heavy atom. The van der Waals surface area contributed by atoms with Crippen molar-refractivity contribution < 1.29 is 18.9 Å². The second-order valence-corrected chi connectivity index (χ2v) is 19.7. The van der Waals surface area contributed by atoms with Gasteiger partial charge >= 0.3 is 0 Å². The average molecular weight is 1180 g/mol. The zero-order valence-electron chi connectivity index (χ0n) is 30.7. The van der Waals surface area contributed by atoms with Gasteiger partial charge in [0.15, 0.2) is 0 Å².